The van der Waals surface area contributed by atoms with E-state index < -0.39 is 49.5 Å². The largest absolute Gasteiger partial charge is 0.493 e. The highest BCUT2D eigenvalue weighted by molar-refractivity contribution is 5.43. The van der Waals surface area contributed by atoms with E-state index in [0.29, 0.717) is 31.4 Å². The summed E-state index contributed by atoms with van der Waals surface area (Å²) in [5, 5.41) is 59.5. The van der Waals surface area contributed by atoms with Crippen molar-refractivity contribution in [3.8, 4) is 11.5 Å². The number of methoxy groups -OCH3 is 1. The maximum absolute atomic E-state index is 10.2. The molecule has 0 amide bonds. The Labute approximate surface area is 189 Å². The van der Waals surface area contributed by atoms with Crippen molar-refractivity contribution in [2.75, 3.05) is 13.7 Å². The number of ether oxygens (including phenoxy) is 3. The standard InChI is InChI=1S/C23H38O9/c1-3-4-5-6-15(25)12-16(26)9-7-14-8-10-17(18(11-14)30-2)31-23-22(29)21(28)20(27)19(13-24)32-23/h8,10-11,15-16,19-29H,3-7,9,12-13H2,1-2H3. The average molecular weight is 459 g/mol. The molecule has 1 heterocycles. The lowest BCUT2D eigenvalue weighted by molar-refractivity contribution is -0.277. The molecule has 184 valence electrons. The van der Waals surface area contributed by atoms with Gasteiger partial charge in [0.25, 0.3) is 0 Å². The highest BCUT2D eigenvalue weighted by Crippen LogP contribution is 2.32. The number of rotatable bonds is 13. The lowest BCUT2D eigenvalue weighted by Gasteiger charge is -2.39. The molecule has 1 aliphatic rings. The van der Waals surface area contributed by atoms with E-state index in [-0.39, 0.29) is 5.75 Å². The summed E-state index contributed by atoms with van der Waals surface area (Å²) in [6.45, 7) is 1.56. The molecule has 9 heteroatoms. The minimum absolute atomic E-state index is 0.257. The number of hydrogen-bond acceptors (Lipinski definition) is 9. The Balaban J connectivity index is 1.93. The Morgan fingerprint density at radius 1 is 0.969 bits per heavy atom. The zero-order valence-corrected chi connectivity index (χ0v) is 18.8. The molecule has 1 aromatic rings. The predicted octanol–water partition coefficient (Wildman–Crippen LogP) is 0.499. The van der Waals surface area contributed by atoms with Gasteiger partial charge in [-0.25, -0.2) is 0 Å². The van der Waals surface area contributed by atoms with Gasteiger partial charge < -0.3 is 44.8 Å². The smallest absolute Gasteiger partial charge is 0.229 e. The molecule has 9 nitrogen and oxygen atoms in total. The van der Waals surface area contributed by atoms with Crippen molar-refractivity contribution in [3.63, 3.8) is 0 Å². The van der Waals surface area contributed by atoms with Crippen LogP contribution in [-0.4, -0.2) is 87.3 Å². The molecule has 2 rings (SSSR count). The van der Waals surface area contributed by atoms with Crippen molar-refractivity contribution >= 4 is 0 Å². The number of benzene rings is 1. The first-order valence-corrected chi connectivity index (χ1v) is 11.3. The Morgan fingerprint density at radius 2 is 1.69 bits per heavy atom. The van der Waals surface area contributed by atoms with Crippen LogP contribution in [0.4, 0.5) is 0 Å². The molecule has 32 heavy (non-hydrogen) atoms. The fraction of sp³-hybridized carbons (Fsp3) is 0.739. The molecule has 7 unspecified atom stereocenters. The van der Waals surface area contributed by atoms with Crippen molar-refractivity contribution in [2.24, 2.45) is 0 Å². The van der Waals surface area contributed by atoms with Gasteiger partial charge in [0.05, 0.1) is 25.9 Å². The third kappa shape index (κ3) is 7.55. The zero-order chi connectivity index (χ0) is 23.7. The molecule has 0 bridgehead atoms. The van der Waals surface area contributed by atoms with Crippen LogP contribution in [0.5, 0.6) is 11.5 Å². The highest BCUT2D eigenvalue weighted by Gasteiger charge is 2.44. The summed E-state index contributed by atoms with van der Waals surface area (Å²) in [4.78, 5) is 0. The molecular weight excluding hydrogens is 420 g/mol. The van der Waals surface area contributed by atoms with Crippen LogP contribution in [-0.2, 0) is 11.2 Å². The molecular formula is C23H38O9. The van der Waals surface area contributed by atoms with E-state index in [2.05, 4.69) is 6.92 Å². The summed E-state index contributed by atoms with van der Waals surface area (Å²) < 4.78 is 16.4. The summed E-state index contributed by atoms with van der Waals surface area (Å²) >= 11 is 0. The van der Waals surface area contributed by atoms with Gasteiger partial charge in [-0.1, -0.05) is 32.3 Å². The second-order valence-electron chi connectivity index (χ2n) is 8.38. The zero-order valence-electron chi connectivity index (χ0n) is 18.8. The van der Waals surface area contributed by atoms with Crippen LogP contribution < -0.4 is 9.47 Å². The van der Waals surface area contributed by atoms with E-state index in [1.807, 2.05) is 0 Å². The molecule has 0 saturated carbocycles. The van der Waals surface area contributed by atoms with Gasteiger partial charge in [-0.05, 0) is 43.4 Å². The first-order valence-electron chi connectivity index (χ1n) is 11.3. The molecule has 0 aliphatic carbocycles. The van der Waals surface area contributed by atoms with Crippen molar-refractivity contribution in [3.05, 3.63) is 23.8 Å². The maximum Gasteiger partial charge on any atom is 0.229 e. The van der Waals surface area contributed by atoms with Gasteiger partial charge in [-0.2, -0.15) is 0 Å². The quantitative estimate of drug-likeness (QED) is 0.232. The fourth-order valence-electron chi connectivity index (χ4n) is 3.77. The Kier molecular flexibility index (Phi) is 11.1. The number of hydrogen-bond donors (Lipinski definition) is 6. The summed E-state index contributed by atoms with van der Waals surface area (Å²) in [5.41, 5.74) is 0.891. The number of aryl methyl sites for hydroxylation is 1. The SMILES string of the molecule is CCCCCC(O)CC(O)CCc1ccc(OC2OC(CO)C(O)C(O)C2O)c(OC)c1. The van der Waals surface area contributed by atoms with Crippen LogP contribution in [0.25, 0.3) is 0 Å². The van der Waals surface area contributed by atoms with Crippen LogP contribution in [0, 0.1) is 0 Å². The van der Waals surface area contributed by atoms with E-state index in [9.17, 15) is 30.6 Å². The highest BCUT2D eigenvalue weighted by atomic mass is 16.7. The van der Waals surface area contributed by atoms with Gasteiger partial charge in [0.2, 0.25) is 6.29 Å². The van der Waals surface area contributed by atoms with Gasteiger partial charge in [0.15, 0.2) is 11.5 Å². The lowest BCUT2D eigenvalue weighted by atomic mass is 9.99. The van der Waals surface area contributed by atoms with E-state index >= 15 is 0 Å². The van der Waals surface area contributed by atoms with Crippen molar-refractivity contribution in [2.45, 2.75) is 94.8 Å². The number of aliphatic hydroxyl groups excluding tert-OH is 6. The van der Waals surface area contributed by atoms with Crippen LogP contribution in [0.3, 0.4) is 0 Å². The Hall–Kier alpha value is -1.46. The number of aliphatic hydroxyl groups is 6. The molecule has 0 spiro atoms. The molecule has 1 aromatic carbocycles. The molecule has 1 saturated heterocycles. The molecule has 6 N–H and O–H groups in total. The van der Waals surface area contributed by atoms with Gasteiger partial charge >= 0.3 is 0 Å². The molecule has 0 aromatic heterocycles. The Morgan fingerprint density at radius 3 is 2.34 bits per heavy atom. The van der Waals surface area contributed by atoms with Gasteiger partial charge in [0.1, 0.15) is 24.4 Å². The normalized spacial score (nSPS) is 27.7. The van der Waals surface area contributed by atoms with E-state index in [0.717, 1.165) is 24.8 Å². The van der Waals surface area contributed by atoms with Crippen molar-refractivity contribution in [1.29, 1.82) is 0 Å². The Bertz CT molecular complexity index is 669. The second kappa shape index (κ2) is 13.3. The maximum atomic E-state index is 10.2. The topological polar surface area (TPSA) is 149 Å². The minimum atomic E-state index is -1.53. The summed E-state index contributed by atoms with van der Waals surface area (Å²) in [6, 6.07) is 5.15. The minimum Gasteiger partial charge on any atom is -0.493 e. The van der Waals surface area contributed by atoms with Crippen molar-refractivity contribution < 1.29 is 44.8 Å². The summed E-state index contributed by atoms with van der Waals surface area (Å²) in [6.07, 6.45) is -2.77. The van der Waals surface area contributed by atoms with Crippen molar-refractivity contribution in [1.82, 2.24) is 0 Å². The second-order valence-corrected chi connectivity index (χ2v) is 8.38. The van der Waals surface area contributed by atoms with E-state index in [1.54, 1.807) is 18.2 Å². The monoisotopic (exact) mass is 458 g/mol. The first-order chi connectivity index (χ1) is 15.3. The average Bonchev–Trinajstić information content (AvgIpc) is 2.78. The fourth-order valence-corrected chi connectivity index (χ4v) is 3.77. The lowest BCUT2D eigenvalue weighted by Crippen LogP contribution is -2.60. The molecule has 0 radical (unpaired) electrons. The van der Waals surface area contributed by atoms with E-state index in [1.165, 1.54) is 7.11 Å². The molecule has 1 fully saturated rings. The first kappa shape index (κ1) is 26.8. The third-order valence-electron chi connectivity index (χ3n) is 5.77. The summed E-state index contributed by atoms with van der Waals surface area (Å²) in [5.74, 6) is 0.626. The molecule has 1 aliphatic heterocycles. The van der Waals surface area contributed by atoms with Crippen LogP contribution in [0.15, 0.2) is 18.2 Å². The van der Waals surface area contributed by atoms with Crippen LogP contribution in [0.2, 0.25) is 0 Å². The number of unbranched alkanes of at least 4 members (excludes halogenated alkanes) is 2. The van der Waals surface area contributed by atoms with Gasteiger partial charge in [-0.3, -0.25) is 0 Å². The van der Waals surface area contributed by atoms with Gasteiger partial charge in [0, 0.05) is 0 Å². The molecule has 7 atom stereocenters. The van der Waals surface area contributed by atoms with Crippen LogP contribution >= 0.6 is 0 Å². The summed E-state index contributed by atoms with van der Waals surface area (Å²) in [7, 11) is 1.46. The third-order valence-corrected chi connectivity index (χ3v) is 5.77. The van der Waals surface area contributed by atoms with Gasteiger partial charge in [-0.15, -0.1) is 0 Å². The predicted molar refractivity (Wildman–Crippen MR) is 116 cm³/mol. The van der Waals surface area contributed by atoms with Crippen LogP contribution in [0.1, 0.15) is 51.0 Å². The van der Waals surface area contributed by atoms with E-state index in [4.69, 9.17) is 14.2 Å².